The van der Waals surface area contributed by atoms with E-state index >= 15 is 0 Å². The monoisotopic (exact) mass is 444 g/mol. The molecule has 5 rings (SSSR count). The lowest BCUT2D eigenvalue weighted by molar-refractivity contribution is 0.162. The number of aromatic nitrogens is 1. The minimum atomic E-state index is 0.320. The summed E-state index contributed by atoms with van der Waals surface area (Å²) in [5, 5.41) is 5.14. The number of para-hydroxylation sites is 1. The highest BCUT2D eigenvalue weighted by molar-refractivity contribution is 5.85. The highest BCUT2D eigenvalue weighted by Gasteiger charge is 2.31. The lowest BCUT2D eigenvalue weighted by atomic mass is 9.92. The van der Waals surface area contributed by atoms with Crippen LogP contribution in [0.25, 0.3) is 10.9 Å². The molecule has 0 bridgehead atoms. The Kier molecular flexibility index (Phi) is 7.03. The number of nitrogens with zero attached hydrogens (tertiary/aromatic N) is 2. The van der Waals surface area contributed by atoms with Gasteiger partial charge in [0.2, 0.25) is 0 Å². The average Bonchev–Trinajstić information content (AvgIpc) is 3.19. The molecule has 4 heteroatoms. The molecule has 3 heterocycles. The SMILES string of the molecule is CCCCCCN1CCc2c([nH]c3ccccc23)C1c1ccc(NC2CN(CCC)C2)cc1. The highest BCUT2D eigenvalue weighted by Crippen LogP contribution is 2.38. The van der Waals surface area contributed by atoms with Gasteiger partial charge in [0.15, 0.2) is 0 Å². The van der Waals surface area contributed by atoms with E-state index < -0.39 is 0 Å². The number of hydrogen-bond donors (Lipinski definition) is 2. The van der Waals surface area contributed by atoms with Crippen LogP contribution in [0.2, 0.25) is 0 Å². The van der Waals surface area contributed by atoms with Gasteiger partial charge in [0.05, 0.1) is 12.1 Å². The number of anilines is 1. The van der Waals surface area contributed by atoms with Crippen molar-refractivity contribution in [3.05, 3.63) is 65.4 Å². The van der Waals surface area contributed by atoms with Gasteiger partial charge in [0.25, 0.3) is 0 Å². The quantitative estimate of drug-likeness (QED) is 0.365. The molecule has 1 fully saturated rings. The number of rotatable bonds is 10. The van der Waals surface area contributed by atoms with Crippen molar-refractivity contribution in [2.24, 2.45) is 0 Å². The van der Waals surface area contributed by atoms with Crippen molar-refractivity contribution in [3.8, 4) is 0 Å². The summed E-state index contributed by atoms with van der Waals surface area (Å²) < 4.78 is 0. The summed E-state index contributed by atoms with van der Waals surface area (Å²) in [5.74, 6) is 0. The van der Waals surface area contributed by atoms with E-state index in [0.29, 0.717) is 12.1 Å². The normalized spacial score (nSPS) is 19.5. The summed E-state index contributed by atoms with van der Waals surface area (Å²) >= 11 is 0. The first kappa shape index (κ1) is 22.5. The Bertz CT molecular complexity index is 1030. The van der Waals surface area contributed by atoms with E-state index in [1.807, 2.05) is 0 Å². The smallest absolute Gasteiger partial charge is 0.0757 e. The zero-order chi connectivity index (χ0) is 22.6. The van der Waals surface area contributed by atoms with E-state index in [2.05, 4.69) is 82.5 Å². The molecular formula is C29H40N4. The van der Waals surface area contributed by atoms with Crippen molar-refractivity contribution in [1.29, 1.82) is 0 Å². The Labute approximate surface area is 199 Å². The summed E-state index contributed by atoms with van der Waals surface area (Å²) in [6.07, 6.45) is 7.63. The summed E-state index contributed by atoms with van der Waals surface area (Å²) in [4.78, 5) is 9.06. The second-order valence-corrected chi connectivity index (χ2v) is 10.0. The van der Waals surface area contributed by atoms with Crippen molar-refractivity contribution in [2.75, 3.05) is 38.0 Å². The zero-order valence-corrected chi connectivity index (χ0v) is 20.4. The molecule has 0 saturated carbocycles. The molecule has 2 aromatic carbocycles. The lowest BCUT2D eigenvalue weighted by Gasteiger charge is -2.40. The third kappa shape index (κ3) is 4.83. The topological polar surface area (TPSA) is 34.3 Å². The van der Waals surface area contributed by atoms with Gasteiger partial charge in [0.1, 0.15) is 0 Å². The number of benzene rings is 2. The van der Waals surface area contributed by atoms with Crippen molar-refractivity contribution < 1.29 is 0 Å². The van der Waals surface area contributed by atoms with Gasteiger partial charge < -0.3 is 10.3 Å². The van der Waals surface area contributed by atoms with Crippen molar-refractivity contribution in [3.63, 3.8) is 0 Å². The van der Waals surface area contributed by atoms with Gasteiger partial charge in [-0.3, -0.25) is 9.80 Å². The molecule has 0 radical (unpaired) electrons. The van der Waals surface area contributed by atoms with Crippen LogP contribution in [-0.2, 0) is 6.42 Å². The van der Waals surface area contributed by atoms with Gasteiger partial charge in [-0.25, -0.2) is 0 Å². The maximum absolute atomic E-state index is 3.82. The average molecular weight is 445 g/mol. The van der Waals surface area contributed by atoms with Crippen LogP contribution in [-0.4, -0.2) is 53.5 Å². The number of nitrogens with one attached hydrogen (secondary N) is 2. The Morgan fingerprint density at radius 1 is 0.909 bits per heavy atom. The highest BCUT2D eigenvalue weighted by atomic mass is 15.2. The Morgan fingerprint density at radius 3 is 2.52 bits per heavy atom. The van der Waals surface area contributed by atoms with Crippen LogP contribution in [0.1, 0.15) is 68.8 Å². The van der Waals surface area contributed by atoms with E-state index in [0.717, 1.165) is 13.0 Å². The molecule has 3 aromatic rings. The van der Waals surface area contributed by atoms with E-state index in [4.69, 9.17) is 0 Å². The van der Waals surface area contributed by atoms with E-state index in [1.165, 1.54) is 91.7 Å². The Morgan fingerprint density at radius 2 is 1.73 bits per heavy atom. The first-order valence-corrected chi connectivity index (χ1v) is 13.2. The molecule has 0 aliphatic carbocycles. The number of hydrogen-bond acceptors (Lipinski definition) is 3. The van der Waals surface area contributed by atoms with Crippen molar-refractivity contribution in [1.82, 2.24) is 14.8 Å². The summed E-state index contributed by atoms with van der Waals surface area (Å²) in [6, 6.07) is 19.0. The van der Waals surface area contributed by atoms with Crippen molar-refractivity contribution >= 4 is 16.6 Å². The molecule has 2 N–H and O–H groups in total. The summed E-state index contributed by atoms with van der Waals surface area (Å²) in [6.45, 7) is 10.4. The van der Waals surface area contributed by atoms with Crippen LogP contribution in [0.5, 0.6) is 0 Å². The number of unbranched alkanes of at least 4 members (excludes halogenated alkanes) is 3. The van der Waals surface area contributed by atoms with Crippen molar-refractivity contribution in [2.45, 2.75) is 64.5 Å². The van der Waals surface area contributed by atoms with Gasteiger partial charge in [-0.1, -0.05) is 63.4 Å². The fourth-order valence-electron chi connectivity index (χ4n) is 5.81. The fraction of sp³-hybridized carbons (Fsp3) is 0.517. The second-order valence-electron chi connectivity index (χ2n) is 10.0. The Hall–Kier alpha value is -2.30. The van der Waals surface area contributed by atoms with Gasteiger partial charge in [-0.2, -0.15) is 0 Å². The predicted molar refractivity (Wildman–Crippen MR) is 140 cm³/mol. The number of fused-ring (bicyclic) bond motifs is 3. The molecule has 176 valence electrons. The van der Waals surface area contributed by atoms with Crippen LogP contribution >= 0.6 is 0 Å². The molecule has 33 heavy (non-hydrogen) atoms. The zero-order valence-electron chi connectivity index (χ0n) is 20.4. The number of aromatic amines is 1. The predicted octanol–water partition coefficient (Wildman–Crippen LogP) is 6.20. The molecule has 1 saturated heterocycles. The minimum Gasteiger partial charge on any atom is -0.380 e. The first-order valence-electron chi connectivity index (χ1n) is 13.2. The lowest BCUT2D eigenvalue weighted by Crippen LogP contribution is -2.54. The molecule has 1 atom stereocenters. The van der Waals surface area contributed by atoms with Crippen LogP contribution in [0, 0.1) is 0 Å². The minimum absolute atomic E-state index is 0.320. The van der Waals surface area contributed by atoms with E-state index in [9.17, 15) is 0 Å². The van der Waals surface area contributed by atoms with Crippen LogP contribution in [0.15, 0.2) is 48.5 Å². The van der Waals surface area contributed by atoms with Gasteiger partial charge in [-0.05, 0) is 61.7 Å². The largest absolute Gasteiger partial charge is 0.380 e. The van der Waals surface area contributed by atoms with E-state index in [-0.39, 0.29) is 0 Å². The maximum Gasteiger partial charge on any atom is 0.0757 e. The Balaban J connectivity index is 1.36. The maximum atomic E-state index is 3.82. The fourth-order valence-corrected chi connectivity index (χ4v) is 5.81. The summed E-state index contributed by atoms with van der Waals surface area (Å²) in [7, 11) is 0. The standard InChI is InChI=1S/C29H40N4/c1-3-5-6-9-18-33-19-16-26-25-10-7-8-11-27(25)31-28(26)29(33)22-12-14-23(15-13-22)30-24-20-32(21-24)17-4-2/h7-8,10-15,24,29-31H,3-6,9,16-21H2,1-2H3. The van der Waals surface area contributed by atoms with Gasteiger partial charge in [-0.15, -0.1) is 0 Å². The number of likely N-dealkylation sites (tertiary alicyclic amines) is 1. The van der Waals surface area contributed by atoms with Gasteiger partial charge >= 0.3 is 0 Å². The van der Waals surface area contributed by atoms with Gasteiger partial charge in [0, 0.05) is 41.9 Å². The third-order valence-corrected chi connectivity index (χ3v) is 7.53. The first-order chi connectivity index (χ1) is 16.3. The third-order valence-electron chi connectivity index (χ3n) is 7.53. The molecule has 0 spiro atoms. The molecular weight excluding hydrogens is 404 g/mol. The second kappa shape index (κ2) is 10.3. The summed E-state index contributed by atoms with van der Waals surface area (Å²) in [5.41, 5.74) is 6.87. The van der Waals surface area contributed by atoms with Crippen LogP contribution < -0.4 is 5.32 Å². The number of H-pyrrole nitrogens is 1. The molecule has 2 aliphatic heterocycles. The van der Waals surface area contributed by atoms with Crippen LogP contribution in [0.4, 0.5) is 5.69 Å². The molecule has 1 unspecified atom stereocenters. The van der Waals surface area contributed by atoms with Crippen LogP contribution in [0.3, 0.4) is 0 Å². The molecule has 0 amide bonds. The molecule has 4 nitrogen and oxygen atoms in total. The molecule has 1 aromatic heterocycles. The van der Waals surface area contributed by atoms with E-state index in [1.54, 1.807) is 0 Å². The molecule has 2 aliphatic rings.